The van der Waals surface area contributed by atoms with E-state index in [9.17, 15) is 9.90 Å². The van der Waals surface area contributed by atoms with Gasteiger partial charge in [-0.05, 0) is 30.0 Å². The van der Waals surface area contributed by atoms with Crippen LogP contribution in [0.15, 0.2) is 54.8 Å². The van der Waals surface area contributed by atoms with E-state index in [1.54, 1.807) is 6.20 Å². The highest BCUT2D eigenvalue weighted by Crippen LogP contribution is 2.42. The van der Waals surface area contributed by atoms with Crippen LogP contribution in [0.5, 0.6) is 0 Å². The van der Waals surface area contributed by atoms with Crippen LogP contribution >= 0.6 is 0 Å². The summed E-state index contributed by atoms with van der Waals surface area (Å²) in [4.78, 5) is 11.6. The third-order valence-electron chi connectivity index (χ3n) is 4.75. The first-order chi connectivity index (χ1) is 12.6. The molecular formula is C19H17N5O2. The third-order valence-corrected chi connectivity index (χ3v) is 4.75. The molecule has 1 aromatic carbocycles. The number of carboxylic acid groups (broad SMARTS) is 1. The Bertz CT molecular complexity index is 1020. The summed E-state index contributed by atoms with van der Waals surface area (Å²) >= 11 is 0. The van der Waals surface area contributed by atoms with E-state index in [-0.39, 0.29) is 5.69 Å². The van der Waals surface area contributed by atoms with Gasteiger partial charge in [0, 0.05) is 0 Å². The van der Waals surface area contributed by atoms with Gasteiger partial charge < -0.3 is 5.11 Å². The van der Waals surface area contributed by atoms with Gasteiger partial charge in [-0.1, -0.05) is 48.6 Å². The van der Waals surface area contributed by atoms with Gasteiger partial charge in [-0.2, -0.15) is 15.4 Å². The van der Waals surface area contributed by atoms with Crippen LogP contribution in [0.25, 0.3) is 5.57 Å². The minimum absolute atomic E-state index is 0.0831. The van der Waals surface area contributed by atoms with Crippen molar-refractivity contribution in [2.45, 2.75) is 18.8 Å². The fourth-order valence-corrected chi connectivity index (χ4v) is 3.45. The number of hydrogen-bond acceptors (Lipinski definition) is 4. The molecule has 3 aromatic rings. The number of carbonyl (C=O) groups is 1. The van der Waals surface area contributed by atoms with Crippen molar-refractivity contribution in [1.82, 2.24) is 25.6 Å². The van der Waals surface area contributed by atoms with Crippen molar-refractivity contribution < 1.29 is 9.90 Å². The van der Waals surface area contributed by atoms with Crippen LogP contribution in [0.1, 0.15) is 39.4 Å². The second-order valence-corrected chi connectivity index (χ2v) is 6.29. The van der Waals surface area contributed by atoms with Crippen LogP contribution in [0.4, 0.5) is 0 Å². The maximum absolute atomic E-state index is 11.6. The van der Waals surface area contributed by atoms with E-state index in [1.165, 1.54) is 0 Å². The molecule has 2 heterocycles. The van der Waals surface area contributed by atoms with E-state index in [0.29, 0.717) is 12.1 Å². The van der Waals surface area contributed by atoms with Gasteiger partial charge in [0.15, 0.2) is 5.69 Å². The number of nitrogens with one attached hydrogen (secondary N) is 2. The topological polar surface area (TPSA) is 108 Å². The molecule has 4 rings (SSSR count). The van der Waals surface area contributed by atoms with Crippen molar-refractivity contribution in [3.05, 3.63) is 83.0 Å². The predicted octanol–water partition coefficient (Wildman–Crippen LogP) is 2.86. The highest BCUT2D eigenvalue weighted by atomic mass is 16.4. The second-order valence-electron chi connectivity index (χ2n) is 6.29. The van der Waals surface area contributed by atoms with Gasteiger partial charge in [-0.15, -0.1) is 5.10 Å². The van der Waals surface area contributed by atoms with Crippen LogP contribution < -0.4 is 0 Å². The molecule has 2 aromatic heterocycles. The van der Waals surface area contributed by atoms with E-state index in [0.717, 1.165) is 22.4 Å². The first-order valence-corrected chi connectivity index (χ1v) is 8.21. The Kier molecular flexibility index (Phi) is 3.76. The van der Waals surface area contributed by atoms with E-state index in [4.69, 9.17) is 0 Å². The smallest absolute Gasteiger partial charge is 0.358 e. The number of aromatic nitrogens is 5. The minimum Gasteiger partial charge on any atom is -0.476 e. The van der Waals surface area contributed by atoms with Crippen LogP contribution in [-0.4, -0.2) is 36.7 Å². The van der Waals surface area contributed by atoms with E-state index >= 15 is 0 Å². The van der Waals surface area contributed by atoms with Crippen LogP contribution in [0.3, 0.4) is 0 Å². The molecule has 130 valence electrons. The highest BCUT2D eigenvalue weighted by Gasteiger charge is 2.41. The number of rotatable bonds is 4. The Morgan fingerprint density at radius 1 is 1.23 bits per heavy atom. The molecule has 0 radical (unpaired) electrons. The molecule has 0 amide bonds. The molecule has 1 aliphatic carbocycles. The molecule has 0 spiro atoms. The van der Waals surface area contributed by atoms with E-state index in [1.807, 2.05) is 49.4 Å². The highest BCUT2D eigenvalue weighted by molar-refractivity contribution is 5.87. The summed E-state index contributed by atoms with van der Waals surface area (Å²) in [6, 6.07) is 10.0. The Morgan fingerprint density at radius 2 is 2.04 bits per heavy atom. The van der Waals surface area contributed by atoms with E-state index < -0.39 is 11.4 Å². The lowest BCUT2D eigenvalue weighted by Crippen LogP contribution is -2.30. The maximum Gasteiger partial charge on any atom is 0.358 e. The van der Waals surface area contributed by atoms with Crippen molar-refractivity contribution in [2.24, 2.45) is 0 Å². The number of nitrogens with zero attached hydrogens (tertiary/aromatic N) is 3. The molecule has 1 unspecified atom stereocenters. The normalized spacial score (nSPS) is 19.3. The summed E-state index contributed by atoms with van der Waals surface area (Å²) in [6.07, 6.45) is 8.35. The molecule has 0 fully saturated rings. The van der Waals surface area contributed by atoms with Gasteiger partial charge in [0.05, 0.1) is 17.3 Å². The molecule has 3 N–H and O–H groups in total. The number of H-pyrrole nitrogens is 2. The zero-order valence-corrected chi connectivity index (χ0v) is 14.1. The van der Waals surface area contributed by atoms with Gasteiger partial charge >= 0.3 is 5.97 Å². The molecule has 0 saturated carbocycles. The van der Waals surface area contributed by atoms with Gasteiger partial charge in [0.1, 0.15) is 5.69 Å². The lowest BCUT2D eigenvalue weighted by Gasteiger charge is -2.30. The molecule has 1 aliphatic rings. The molecule has 1 atom stereocenters. The number of carboxylic acids is 1. The minimum atomic E-state index is -1.11. The quantitative estimate of drug-likeness (QED) is 0.672. The summed E-state index contributed by atoms with van der Waals surface area (Å²) in [7, 11) is 0. The van der Waals surface area contributed by atoms with Gasteiger partial charge in [0.25, 0.3) is 0 Å². The van der Waals surface area contributed by atoms with E-state index in [2.05, 4.69) is 31.7 Å². The fourth-order valence-electron chi connectivity index (χ4n) is 3.45. The number of aromatic amines is 2. The predicted molar refractivity (Wildman–Crippen MR) is 95.6 cm³/mol. The first-order valence-electron chi connectivity index (χ1n) is 8.21. The number of aromatic carboxylic acids is 1. The molecule has 0 aliphatic heterocycles. The standard InChI is InChI=1S/C19H17N5O2/c1-12-11-20-22-16(12)19(17-15(18(25)26)21-24-23-17)9-7-14(8-10-19)13-5-3-2-4-6-13/h2-9,11H,10H2,1H3,(H,20,22)(H,25,26)(H,21,23,24). The van der Waals surface area contributed by atoms with Crippen molar-refractivity contribution >= 4 is 11.5 Å². The Labute approximate surface area is 149 Å². The fraction of sp³-hybridized carbons (Fsp3) is 0.158. The second kappa shape index (κ2) is 6.11. The number of allylic oxidation sites excluding steroid dienone is 4. The summed E-state index contributed by atoms with van der Waals surface area (Å²) < 4.78 is 0. The Hall–Kier alpha value is -3.48. The summed E-state index contributed by atoms with van der Waals surface area (Å²) in [5, 5.41) is 27.1. The van der Waals surface area contributed by atoms with Gasteiger partial charge in [0.2, 0.25) is 0 Å². The van der Waals surface area contributed by atoms with Gasteiger partial charge in [-0.3, -0.25) is 5.10 Å². The third kappa shape index (κ3) is 2.45. The van der Waals surface area contributed by atoms with Gasteiger partial charge in [-0.25, -0.2) is 4.79 Å². The molecule has 7 heteroatoms. The molecule has 7 nitrogen and oxygen atoms in total. The van der Waals surface area contributed by atoms with Crippen molar-refractivity contribution in [3.8, 4) is 0 Å². The lowest BCUT2D eigenvalue weighted by atomic mass is 9.72. The average Bonchev–Trinajstić information content (AvgIpc) is 3.32. The number of hydrogen-bond donors (Lipinski definition) is 3. The largest absolute Gasteiger partial charge is 0.476 e. The Balaban J connectivity index is 1.84. The first kappa shape index (κ1) is 16.0. The van der Waals surface area contributed by atoms with Crippen molar-refractivity contribution in [1.29, 1.82) is 0 Å². The molecule has 0 bridgehead atoms. The zero-order chi connectivity index (χ0) is 18.1. The summed E-state index contributed by atoms with van der Waals surface area (Å²) in [5.74, 6) is -1.11. The lowest BCUT2D eigenvalue weighted by molar-refractivity contribution is 0.0688. The number of aryl methyl sites for hydroxylation is 1. The summed E-state index contributed by atoms with van der Waals surface area (Å²) in [5.41, 5.74) is 3.46. The monoisotopic (exact) mass is 347 g/mol. The molecule has 0 saturated heterocycles. The van der Waals surface area contributed by atoms with Crippen LogP contribution in [-0.2, 0) is 5.41 Å². The van der Waals surface area contributed by atoms with Crippen LogP contribution in [0.2, 0.25) is 0 Å². The SMILES string of the molecule is Cc1cn[nH]c1C1(c2n[nH]nc2C(=O)O)C=CC(c2ccccc2)=CC1. The van der Waals surface area contributed by atoms with Crippen molar-refractivity contribution in [3.63, 3.8) is 0 Å². The zero-order valence-electron chi connectivity index (χ0n) is 14.1. The maximum atomic E-state index is 11.6. The molecule has 26 heavy (non-hydrogen) atoms. The van der Waals surface area contributed by atoms with Crippen molar-refractivity contribution in [2.75, 3.05) is 0 Å². The average molecular weight is 347 g/mol. The van der Waals surface area contributed by atoms with Crippen LogP contribution in [0, 0.1) is 6.92 Å². The molecular weight excluding hydrogens is 330 g/mol. The Morgan fingerprint density at radius 3 is 2.65 bits per heavy atom. The number of benzene rings is 1. The summed E-state index contributed by atoms with van der Waals surface area (Å²) in [6.45, 7) is 1.94.